The molecular weight excluding hydrogens is 485 g/mol. The van der Waals surface area contributed by atoms with Crippen LogP contribution in [-0.4, -0.2) is 69.7 Å². The minimum absolute atomic E-state index is 0.0668. The number of aromatic nitrogens is 3. The molecule has 0 aliphatic carbocycles. The van der Waals surface area contributed by atoms with Crippen molar-refractivity contribution in [1.29, 1.82) is 0 Å². The van der Waals surface area contributed by atoms with Gasteiger partial charge in [-0.2, -0.15) is 9.97 Å². The average molecular weight is 510 g/mol. The number of aliphatic hydroxyl groups is 2. The predicted octanol–water partition coefficient (Wildman–Crippen LogP) is 3.31. The number of aliphatic hydroxyl groups excluding tert-OH is 2. The van der Waals surface area contributed by atoms with Crippen LogP contribution in [-0.2, 0) is 0 Å². The summed E-state index contributed by atoms with van der Waals surface area (Å²) in [7, 11) is 0. The lowest BCUT2D eigenvalue weighted by atomic mass is 10.0. The number of halogens is 2. The normalized spacial score (nSPS) is 20.3. The summed E-state index contributed by atoms with van der Waals surface area (Å²) < 4.78 is 21.8. The fourth-order valence-electron chi connectivity index (χ4n) is 5.20. The highest BCUT2D eigenvalue weighted by Crippen LogP contribution is 2.38. The number of ether oxygens (including phenoxy) is 1. The lowest BCUT2D eigenvalue weighted by Crippen LogP contribution is -2.51. The lowest BCUT2D eigenvalue weighted by molar-refractivity contribution is 0.0506. The molecule has 0 radical (unpaired) electrons. The number of benzene rings is 2. The first-order chi connectivity index (χ1) is 17.5. The average Bonchev–Trinajstić information content (AvgIpc) is 3.24. The zero-order valence-electron chi connectivity index (χ0n) is 19.4. The smallest absolute Gasteiger partial charge is 0.319 e. The first-order valence-corrected chi connectivity index (χ1v) is 12.4. The van der Waals surface area contributed by atoms with E-state index in [4.69, 9.17) is 21.4 Å². The van der Waals surface area contributed by atoms with Crippen molar-refractivity contribution in [2.24, 2.45) is 0 Å². The Morgan fingerprint density at radius 3 is 2.64 bits per heavy atom. The molecule has 8 nitrogen and oxygen atoms in total. The fraction of sp³-hybridized carbons (Fsp3) is 0.346. The number of nitrogens with zero attached hydrogens (tertiary/aromatic N) is 4. The topological polar surface area (TPSA) is 104 Å². The van der Waals surface area contributed by atoms with Gasteiger partial charge >= 0.3 is 6.01 Å². The number of rotatable bonds is 6. The number of piperazine rings is 1. The highest BCUT2D eigenvalue weighted by Gasteiger charge is 2.34. The third-order valence-corrected chi connectivity index (χ3v) is 7.20. The van der Waals surface area contributed by atoms with Gasteiger partial charge in [-0.1, -0.05) is 41.9 Å². The van der Waals surface area contributed by atoms with E-state index in [0.29, 0.717) is 39.3 Å². The third kappa shape index (κ3) is 4.12. The van der Waals surface area contributed by atoms with Crippen LogP contribution >= 0.6 is 11.6 Å². The summed E-state index contributed by atoms with van der Waals surface area (Å²) in [6, 6.07) is 11.7. The second kappa shape index (κ2) is 9.40. The number of nitrogens with one attached hydrogen (secondary N) is 1. The second-order valence-electron chi connectivity index (χ2n) is 9.35. The van der Waals surface area contributed by atoms with Crippen LogP contribution in [0, 0.1) is 5.82 Å². The van der Waals surface area contributed by atoms with Crippen molar-refractivity contribution < 1.29 is 19.3 Å². The Morgan fingerprint density at radius 2 is 1.89 bits per heavy atom. The summed E-state index contributed by atoms with van der Waals surface area (Å²) in [5, 5.41) is 25.1. The van der Waals surface area contributed by atoms with E-state index in [9.17, 15) is 5.11 Å². The van der Waals surface area contributed by atoms with E-state index in [1.165, 1.54) is 0 Å². The molecule has 3 N–H and O–H groups in total. The van der Waals surface area contributed by atoms with Gasteiger partial charge in [-0.3, -0.25) is 4.98 Å². The molecule has 0 saturated carbocycles. The Balaban J connectivity index is 1.51. The van der Waals surface area contributed by atoms with E-state index in [2.05, 4.69) is 25.2 Å². The lowest BCUT2D eigenvalue weighted by Gasteiger charge is -2.34. The maximum atomic E-state index is 16.2. The zero-order valence-corrected chi connectivity index (χ0v) is 20.1. The van der Waals surface area contributed by atoms with Crippen molar-refractivity contribution in [2.45, 2.75) is 31.0 Å². The van der Waals surface area contributed by atoms with E-state index in [1.807, 2.05) is 24.3 Å². The molecule has 10 heteroatoms. The van der Waals surface area contributed by atoms with Gasteiger partial charge in [0.1, 0.15) is 29.7 Å². The Labute approximate surface area is 211 Å². The number of pyridine rings is 1. The van der Waals surface area contributed by atoms with Gasteiger partial charge < -0.3 is 25.2 Å². The van der Waals surface area contributed by atoms with Crippen molar-refractivity contribution in [3.63, 3.8) is 0 Å². The molecule has 2 aromatic carbocycles. The van der Waals surface area contributed by atoms with E-state index < -0.39 is 18.5 Å². The molecule has 2 aromatic heterocycles. The Kier molecular flexibility index (Phi) is 6.08. The molecular formula is C26H25ClFN5O3. The number of hydrogen-bond donors (Lipinski definition) is 3. The molecule has 4 aromatic rings. The minimum atomic E-state index is -1.10. The van der Waals surface area contributed by atoms with Crippen LogP contribution < -0.4 is 15.0 Å². The molecule has 2 aliphatic heterocycles. The molecule has 2 aliphatic rings. The summed E-state index contributed by atoms with van der Waals surface area (Å²) in [6.45, 7) is 0.770. The zero-order chi connectivity index (χ0) is 24.8. The largest absolute Gasteiger partial charge is 0.461 e. The van der Waals surface area contributed by atoms with Gasteiger partial charge in [0.15, 0.2) is 5.82 Å². The third-order valence-electron chi connectivity index (χ3n) is 6.88. The molecule has 2 fully saturated rings. The van der Waals surface area contributed by atoms with Crippen LogP contribution in [0.5, 0.6) is 6.01 Å². The Morgan fingerprint density at radius 1 is 1.14 bits per heavy atom. The SMILES string of the molecule is OCC(O)COc1nc(N2C[C@H]3CC[C@@H](C2)N3)c2cnc(-c3cccc4cccc(Cl)c34)c(F)c2n1. The van der Waals surface area contributed by atoms with E-state index in [0.717, 1.165) is 31.3 Å². The number of hydrogen-bond acceptors (Lipinski definition) is 8. The van der Waals surface area contributed by atoms with Crippen molar-refractivity contribution >= 4 is 39.1 Å². The van der Waals surface area contributed by atoms with E-state index in [-0.39, 0.29) is 23.8 Å². The van der Waals surface area contributed by atoms with Crippen molar-refractivity contribution in [1.82, 2.24) is 20.3 Å². The van der Waals surface area contributed by atoms with E-state index >= 15 is 4.39 Å². The Hall–Kier alpha value is -3.11. The Bertz CT molecular complexity index is 1440. The van der Waals surface area contributed by atoms with Gasteiger partial charge in [0.05, 0.1) is 12.0 Å². The van der Waals surface area contributed by atoms with Gasteiger partial charge in [0.25, 0.3) is 0 Å². The summed E-state index contributed by atoms with van der Waals surface area (Å²) in [5.41, 5.74) is 0.775. The molecule has 4 heterocycles. The van der Waals surface area contributed by atoms with Crippen LogP contribution in [0.4, 0.5) is 10.2 Å². The van der Waals surface area contributed by atoms with Crippen LogP contribution in [0.15, 0.2) is 42.6 Å². The van der Waals surface area contributed by atoms with Gasteiger partial charge in [-0.25, -0.2) is 4.39 Å². The van der Waals surface area contributed by atoms with Crippen molar-refractivity contribution in [3.8, 4) is 17.3 Å². The summed E-state index contributed by atoms with van der Waals surface area (Å²) >= 11 is 6.50. The molecule has 36 heavy (non-hydrogen) atoms. The number of anilines is 1. The molecule has 0 amide bonds. The molecule has 6 rings (SSSR count). The number of fused-ring (bicyclic) bond motifs is 4. The maximum Gasteiger partial charge on any atom is 0.319 e. The van der Waals surface area contributed by atoms with Crippen molar-refractivity contribution in [2.75, 3.05) is 31.2 Å². The quantitative estimate of drug-likeness (QED) is 0.364. The summed E-state index contributed by atoms with van der Waals surface area (Å²) in [4.78, 5) is 15.6. The second-order valence-corrected chi connectivity index (χ2v) is 9.75. The van der Waals surface area contributed by atoms with E-state index in [1.54, 1.807) is 18.3 Å². The van der Waals surface area contributed by atoms with Gasteiger partial charge in [-0.15, -0.1) is 0 Å². The maximum absolute atomic E-state index is 16.2. The standard InChI is InChI=1S/C26H25ClFN5O3/c27-20-6-2-4-14-3-1-5-18(21(14)20)23-22(28)24-19(9-29-23)25(32-26(31-24)36-13-17(35)12-34)33-10-15-7-8-16(11-33)30-15/h1-6,9,15-17,30,34-35H,7-8,10-13H2/t15-,16+,17?. The van der Waals surface area contributed by atoms with Crippen LogP contribution in [0.3, 0.4) is 0 Å². The highest BCUT2D eigenvalue weighted by molar-refractivity contribution is 6.36. The summed E-state index contributed by atoms with van der Waals surface area (Å²) in [5.74, 6) is -0.0602. The van der Waals surface area contributed by atoms with Gasteiger partial charge in [-0.05, 0) is 24.3 Å². The molecule has 186 valence electrons. The van der Waals surface area contributed by atoms with Crippen LogP contribution in [0.1, 0.15) is 12.8 Å². The van der Waals surface area contributed by atoms with Gasteiger partial charge in [0.2, 0.25) is 0 Å². The first-order valence-electron chi connectivity index (χ1n) is 12.0. The molecule has 2 saturated heterocycles. The molecule has 0 spiro atoms. The highest BCUT2D eigenvalue weighted by atomic mass is 35.5. The monoisotopic (exact) mass is 509 g/mol. The molecule has 2 bridgehead atoms. The van der Waals surface area contributed by atoms with Crippen LogP contribution in [0.25, 0.3) is 32.9 Å². The van der Waals surface area contributed by atoms with Gasteiger partial charge in [0, 0.05) is 47.3 Å². The molecule has 1 unspecified atom stereocenters. The van der Waals surface area contributed by atoms with Crippen molar-refractivity contribution in [3.05, 3.63) is 53.4 Å². The first kappa shape index (κ1) is 23.3. The fourth-order valence-corrected chi connectivity index (χ4v) is 5.48. The van der Waals surface area contributed by atoms with Crippen LogP contribution in [0.2, 0.25) is 5.02 Å². The predicted molar refractivity (Wildman–Crippen MR) is 136 cm³/mol. The minimum Gasteiger partial charge on any atom is -0.461 e. The summed E-state index contributed by atoms with van der Waals surface area (Å²) in [6.07, 6.45) is 2.66. The molecule has 3 atom stereocenters.